The van der Waals surface area contributed by atoms with E-state index < -0.39 is 12.0 Å². The van der Waals surface area contributed by atoms with Gasteiger partial charge >= 0.3 is 5.97 Å². The van der Waals surface area contributed by atoms with E-state index >= 15 is 0 Å². The number of carboxylic acids is 1. The van der Waals surface area contributed by atoms with Crippen molar-refractivity contribution >= 4 is 5.97 Å². The molecule has 0 aromatic rings. The van der Waals surface area contributed by atoms with Crippen LogP contribution in [0.15, 0.2) is 0 Å². The molecule has 0 aliphatic carbocycles. The van der Waals surface area contributed by atoms with Crippen LogP contribution in [-0.4, -0.2) is 60.9 Å². The van der Waals surface area contributed by atoms with Crippen LogP contribution in [0.25, 0.3) is 0 Å². The second kappa shape index (κ2) is 4.25. The lowest BCUT2D eigenvalue weighted by Gasteiger charge is -2.33. The number of ether oxygens (including phenoxy) is 1. The van der Waals surface area contributed by atoms with Gasteiger partial charge in [-0.25, -0.2) is 0 Å². The van der Waals surface area contributed by atoms with Gasteiger partial charge in [0.25, 0.3) is 0 Å². The Bertz CT molecular complexity index is 216. The summed E-state index contributed by atoms with van der Waals surface area (Å²) in [5.41, 5.74) is 0. The van der Waals surface area contributed by atoms with Gasteiger partial charge in [-0.2, -0.15) is 0 Å². The molecule has 2 aliphatic rings. The fraction of sp³-hybridized carbons (Fsp3) is 0.889. The predicted octanol–water partition coefficient (Wildman–Crippen LogP) is -0.866. The highest BCUT2D eigenvalue weighted by atomic mass is 16.5. The molecule has 2 N–H and O–H groups in total. The first kappa shape index (κ1) is 9.89. The molecule has 2 saturated heterocycles. The molecular formula is C9H16N2O3. The SMILES string of the molecule is O=C(O)C1NCCC1N1CCOCC1. The van der Waals surface area contributed by atoms with Crippen LogP contribution in [0.4, 0.5) is 0 Å². The Balaban J connectivity index is 1.97. The predicted molar refractivity (Wildman–Crippen MR) is 50.2 cm³/mol. The summed E-state index contributed by atoms with van der Waals surface area (Å²) < 4.78 is 5.25. The molecule has 0 radical (unpaired) electrons. The second-order valence-electron chi connectivity index (χ2n) is 3.77. The smallest absolute Gasteiger partial charge is 0.322 e. The molecule has 2 rings (SSSR count). The third-order valence-electron chi connectivity index (χ3n) is 2.97. The molecule has 0 aromatic heterocycles. The van der Waals surface area contributed by atoms with Crippen LogP contribution >= 0.6 is 0 Å². The molecule has 0 amide bonds. The first-order chi connectivity index (χ1) is 6.79. The lowest BCUT2D eigenvalue weighted by molar-refractivity contribution is -0.141. The number of hydrogen-bond acceptors (Lipinski definition) is 4. The maximum Gasteiger partial charge on any atom is 0.322 e. The van der Waals surface area contributed by atoms with E-state index in [2.05, 4.69) is 10.2 Å². The highest BCUT2D eigenvalue weighted by Crippen LogP contribution is 2.16. The summed E-state index contributed by atoms with van der Waals surface area (Å²) in [6.07, 6.45) is 0.928. The van der Waals surface area contributed by atoms with Crippen molar-refractivity contribution in [2.45, 2.75) is 18.5 Å². The van der Waals surface area contributed by atoms with Crippen molar-refractivity contribution in [1.29, 1.82) is 0 Å². The van der Waals surface area contributed by atoms with Gasteiger partial charge in [-0.1, -0.05) is 0 Å². The Kier molecular flexibility index (Phi) is 3.00. The lowest BCUT2D eigenvalue weighted by Crippen LogP contribution is -2.51. The minimum absolute atomic E-state index is 0.149. The Labute approximate surface area is 83.0 Å². The highest BCUT2D eigenvalue weighted by Gasteiger charge is 2.36. The molecule has 0 aromatic carbocycles. The standard InChI is InChI=1S/C9H16N2O3/c12-9(13)8-7(1-2-10-8)11-3-5-14-6-4-11/h7-8,10H,1-6H2,(H,12,13). The van der Waals surface area contributed by atoms with Gasteiger partial charge in [0.05, 0.1) is 13.2 Å². The number of nitrogens with one attached hydrogen (secondary N) is 1. The van der Waals surface area contributed by atoms with Crippen molar-refractivity contribution in [3.63, 3.8) is 0 Å². The summed E-state index contributed by atoms with van der Waals surface area (Å²) in [7, 11) is 0. The molecule has 0 spiro atoms. The van der Waals surface area contributed by atoms with Crippen LogP contribution in [0.5, 0.6) is 0 Å². The first-order valence-electron chi connectivity index (χ1n) is 5.07. The summed E-state index contributed by atoms with van der Waals surface area (Å²) in [6.45, 7) is 3.97. The molecule has 2 heterocycles. The zero-order valence-electron chi connectivity index (χ0n) is 8.11. The molecule has 2 atom stereocenters. The minimum atomic E-state index is -0.737. The summed E-state index contributed by atoms with van der Waals surface area (Å²) in [5, 5.41) is 12.0. The van der Waals surface area contributed by atoms with E-state index in [0.717, 1.165) is 39.3 Å². The van der Waals surface area contributed by atoms with Crippen LogP contribution in [0.1, 0.15) is 6.42 Å². The van der Waals surface area contributed by atoms with Crippen molar-refractivity contribution in [2.75, 3.05) is 32.8 Å². The lowest BCUT2D eigenvalue weighted by atomic mass is 10.1. The average molecular weight is 200 g/mol. The van der Waals surface area contributed by atoms with Crippen molar-refractivity contribution in [3.05, 3.63) is 0 Å². The van der Waals surface area contributed by atoms with Gasteiger partial charge < -0.3 is 15.2 Å². The van der Waals surface area contributed by atoms with Gasteiger partial charge in [0.1, 0.15) is 6.04 Å². The van der Waals surface area contributed by atoms with Gasteiger partial charge in [0, 0.05) is 19.1 Å². The number of nitrogens with zero attached hydrogens (tertiary/aromatic N) is 1. The van der Waals surface area contributed by atoms with E-state index in [0.29, 0.717) is 0 Å². The highest BCUT2D eigenvalue weighted by molar-refractivity contribution is 5.75. The molecule has 2 unspecified atom stereocenters. The number of rotatable bonds is 2. The molecule has 2 aliphatic heterocycles. The molecule has 5 heteroatoms. The Morgan fingerprint density at radius 3 is 2.79 bits per heavy atom. The third kappa shape index (κ3) is 1.89. The number of aliphatic carboxylic acids is 1. The van der Waals surface area contributed by atoms with Crippen LogP contribution in [0.2, 0.25) is 0 Å². The van der Waals surface area contributed by atoms with Crippen molar-refractivity contribution in [3.8, 4) is 0 Å². The van der Waals surface area contributed by atoms with Crippen molar-refractivity contribution in [2.24, 2.45) is 0 Å². The van der Waals surface area contributed by atoms with Gasteiger partial charge in [-0.15, -0.1) is 0 Å². The average Bonchev–Trinajstić information content (AvgIpc) is 2.67. The van der Waals surface area contributed by atoms with Gasteiger partial charge in [-0.05, 0) is 13.0 Å². The minimum Gasteiger partial charge on any atom is -0.480 e. The van der Waals surface area contributed by atoms with Crippen molar-refractivity contribution in [1.82, 2.24) is 10.2 Å². The Morgan fingerprint density at radius 2 is 2.14 bits per heavy atom. The maximum absolute atomic E-state index is 10.9. The number of carboxylic acid groups (broad SMARTS) is 1. The van der Waals surface area contributed by atoms with E-state index in [1.807, 2.05) is 0 Å². The summed E-state index contributed by atoms with van der Waals surface area (Å²) in [5.74, 6) is -0.737. The van der Waals surface area contributed by atoms with Crippen LogP contribution in [0, 0.1) is 0 Å². The molecule has 5 nitrogen and oxygen atoms in total. The second-order valence-corrected chi connectivity index (χ2v) is 3.77. The Hall–Kier alpha value is -0.650. The zero-order valence-corrected chi connectivity index (χ0v) is 8.11. The fourth-order valence-electron chi connectivity index (χ4n) is 2.24. The van der Waals surface area contributed by atoms with E-state index in [1.165, 1.54) is 0 Å². The van der Waals surface area contributed by atoms with Crippen LogP contribution < -0.4 is 5.32 Å². The monoisotopic (exact) mass is 200 g/mol. The summed E-state index contributed by atoms with van der Waals surface area (Å²) in [6, 6.07) is -0.246. The number of hydrogen-bond donors (Lipinski definition) is 2. The van der Waals surface area contributed by atoms with Crippen molar-refractivity contribution < 1.29 is 14.6 Å². The molecule has 0 saturated carbocycles. The van der Waals surface area contributed by atoms with E-state index in [1.54, 1.807) is 0 Å². The molecule has 80 valence electrons. The molecule has 2 fully saturated rings. The third-order valence-corrected chi connectivity index (χ3v) is 2.97. The zero-order chi connectivity index (χ0) is 9.97. The van der Waals surface area contributed by atoms with E-state index in [-0.39, 0.29) is 6.04 Å². The van der Waals surface area contributed by atoms with E-state index in [4.69, 9.17) is 9.84 Å². The van der Waals surface area contributed by atoms with Gasteiger partial charge in [0.2, 0.25) is 0 Å². The van der Waals surface area contributed by atoms with Gasteiger partial charge in [-0.3, -0.25) is 9.69 Å². The fourth-order valence-corrected chi connectivity index (χ4v) is 2.24. The number of carbonyl (C=O) groups is 1. The Morgan fingerprint density at radius 1 is 1.43 bits per heavy atom. The van der Waals surface area contributed by atoms with Gasteiger partial charge in [0.15, 0.2) is 0 Å². The maximum atomic E-state index is 10.9. The van der Waals surface area contributed by atoms with Crippen LogP contribution in [0.3, 0.4) is 0 Å². The first-order valence-corrected chi connectivity index (χ1v) is 5.07. The quantitative estimate of drug-likeness (QED) is 0.607. The summed E-state index contributed by atoms with van der Waals surface area (Å²) in [4.78, 5) is 13.2. The molecule has 0 bridgehead atoms. The number of morpholine rings is 1. The molecular weight excluding hydrogens is 184 g/mol. The topological polar surface area (TPSA) is 61.8 Å². The van der Waals surface area contributed by atoms with Crippen LogP contribution in [-0.2, 0) is 9.53 Å². The molecule has 14 heavy (non-hydrogen) atoms. The largest absolute Gasteiger partial charge is 0.480 e. The normalized spacial score (nSPS) is 34.6. The van der Waals surface area contributed by atoms with E-state index in [9.17, 15) is 4.79 Å². The summed E-state index contributed by atoms with van der Waals surface area (Å²) >= 11 is 0.